The van der Waals surface area contributed by atoms with Gasteiger partial charge < -0.3 is 16.0 Å². The summed E-state index contributed by atoms with van der Waals surface area (Å²) in [6.07, 6.45) is 3.87. The minimum absolute atomic E-state index is 0.280. The zero-order valence-corrected chi connectivity index (χ0v) is 13.9. The highest BCUT2D eigenvalue weighted by atomic mass is 35.5. The van der Waals surface area contributed by atoms with E-state index in [9.17, 15) is 4.39 Å². The molecular weight excluding hydrogens is 329 g/mol. The number of halogens is 2. The van der Waals surface area contributed by atoms with Crippen LogP contribution in [0.2, 0.25) is 5.02 Å². The fourth-order valence-corrected chi connectivity index (χ4v) is 3.80. The minimum Gasteiger partial charge on any atom is -0.351 e. The van der Waals surface area contributed by atoms with Crippen molar-refractivity contribution in [1.82, 2.24) is 15.3 Å². The fraction of sp³-hybridized carbons (Fsp3) is 0.412. The number of benzene rings is 1. The first kappa shape index (κ1) is 15.6. The van der Waals surface area contributed by atoms with Gasteiger partial charge >= 0.3 is 0 Å². The van der Waals surface area contributed by atoms with Crippen molar-refractivity contribution in [1.29, 1.82) is 0 Å². The first-order valence-corrected chi connectivity index (χ1v) is 8.57. The molecule has 0 radical (unpaired) electrons. The lowest BCUT2D eigenvalue weighted by atomic mass is 10.0. The monoisotopic (exact) mass is 347 g/mol. The van der Waals surface area contributed by atoms with E-state index >= 15 is 0 Å². The van der Waals surface area contributed by atoms with Crippen molar-refractivity contribution in [2.45, 2.75) is 18.9 Å². The van der Waals surface area contributed by atoms with Crippen molar-refractivity contribution in [3.05, 3.63) is 41.3 Å². The van der Waals surface area contributed by atoms with Crippen molar-refractivity contribution in [3.8, 4) is 0 Å². The Labute approximate surface area is 145 Å². The summed E-state index contributed by atoms with van der Waals surface area (Å²) >= 11 is 6.17. The predicted octanol–water partition coefficient (Wildman–Crippen LogP) is 3.42. The Hall–Kier alpha value is -1.92. The van der Waals surface area contributed by atoms with Gasteiger partial charge in [0.2, 0.25) is 5.95 Å². The fourth-order valence-electron chi connectivity index (χ4n) is 3.66. The molecular formula is C17H19ClFN5. The van der Waals surface area contributed by atoms with E-state index in [2.05, 4.69) is 25.9 Å². The number of fused-ring (bicyclic) bond motifs is 1. The van der Waals surface area contributed by atoms with Gasteiger partial charge in [0.25, 0.3) is 0 Å². The molecule has 2 heterocycles. The van der Waals surface area contributed by atoms with Gasteiger partial charge in [0.1, 0.15) is 10.8 Å². The van der Waals surface area contributed by atoms with Crippen LogP contribution in [0.5, 0.6) is 0 Å². The van der Waals surface area contributed by atoms with E-state index in [1.165, 1.54) is 12.1 Å². The average Bonchev–Trinajstić information content (AvgIpc) is 3.14. The maximum Gasteiger partial charge on any atom is 0.224 e. The molecule has 24 heavy (non-hydrogen) atoms. The summed E-state index contributed by atoms with van der Waals surface area (Å²) in [4.78, 5) is 8.76. The van der Waals surface area contributed by atoms with Gasteiger partial charge in [-0.25, -0.2) is 9.37 Å². The number of nitrogens with one attached hydrogen (secondary N) is 3. The summed E-state index contributed by atoms with van der Waals surface area (Å²) < 4.78 is 13.0. The molecule has 1 aliphatic carbocycles. The molecule has 2 unspecified atom stereocenters. The Morgan fingerprint density at radius 1 is 1.12 bits per heavy atom. The molecule has 2 atom stereocenters. The molecule has 5 nitrogen and oxygen atoms in total. The Morgan fingerprint density at radius 2 is 1.83 bits per heavy atom. The molecule has 1 aromatic heterocycles. The van der Waals surface area contributed by atoms with E-state index in [0.29, 0.717) is 22.8 Å². The van der Waals surface area contributed by atoms with E-state index in [1.807, 2.05) is 0 Å². The predicted molar refractivity (Wildman–Crippen MR) is 93.2 cm³/mol. The van der Waals surface area contributed by atoms with E-state index in [1.54, 1.807) is 18.3 Å². The summed E-state index contributed by atoms with van der Waals surface area (Å²) in [6, 6.07) is 6.48. The molecule has 0 bridgehead atoms. The van der Waals surface area contributed by atoms with E-state index in [-0.39, 0.29) is 5.82 Å². The standard InChI is InChI=1S/C17H19ClFN5/c18-15-9-21-17(23-14-5-10-7-20-8-11(10)6-14)24-16(15)22-13-3-1-12(19)2-4-13/h1-4,9-11,14,20H,5-8H2,(H2,21,22,23,24). The maximum absolute atomic E-state index is 13.0. The number of anilines is 3. The van der Waals surface area contributed by atoms with Crippen LogP contribution in [0.4, 0.5) is 21.8 Å². The Kier molecular flexibility index (Phi) is 4.24. The zero-order chi connectivity index (χ0) is 16.5. The Balaban J connectivity index is 1.46. The molecule has 1 saturated carbocycles. The summed E-state index contributed by atoms with van der Waals surface area (Å²) in [7, 11) is 0. The van der Waals surface area contributed by atoms with Crippen molar-refractivity contribution in [3.63, 3.8) is 0 Å². The van der Waals surface area contributed by atoms with Crippen LogP contribution in [0.15, 0.2) is 30.5 Å². The smallest absolute Gasteiger partial charge is 0.224 e. The van der Waals surface area contributed by atoms with Crippen LogP contribution in [-0.2, 0) is 0 Å². The highest BCUT2D eigenvalue weighted by molar-refractivity contribution is 6.32. The molecule has 126 valence electrons. The zero-order valence-electron chi connectivity index (χ0n) is 13.1. The lowest BCUT2D eigenvalue weighted by molar-refractivity contribution is 0.494. The maximum atomic E-state index is 13.0. The molecule has 1 aliphatic heterocycles. The number of aromatic nitrogens is 2. The van der Waals surface area contributed by atoms with Gasteiger partial charge in [-0.3, -0.25) is 0 Å². The van der Waals surface area contributed by atoms with Crippen LogP contribution in [0.3, 0.4) is 0 Å². The molecule has 2 fully saturated rings. The number of rotatable bonds is 4. The van der Waals surface area contributed by atoms with E-state index < -0.39 is 0 Å². The van der Waals surface area contributed by atoms with Gasteiger partial charge in [0, 0.05) is 11.7 Å². The number of nitrogens with zero attached hydrogens (tertiary/aromatic N) is 2. The third-order valence-electron chi connectivity index (χ3n) is 4.84. The molecule has 0 amide bonds. The van der Waals surface area contributed by atoms with Crippen LogP contribution >= 0.6 is 11.6 Å². The first-order chi connectivity index (χ1) is 11.7. The molecule has 1 aromatic carbocycles. The van der Waals surface area contributed by atoms with Crippen LogP contribution in [0, 0.1) is 17.7 Å². The van der Waals surface area contributed by atoms with Crippen molar-refractivity contribution in [2.24, 2.45) is 11.8 Å². The largest absolute Gasteiger partial charge is 0.351 e. The van der Waals surface area contributed by atoms with Gasteiger partial charge in [-0.2, -0.15) is 4.98 Å². The lowest BCUT2D eigenvalue weighted by Gasteiger charge is -2.15. The second-order valence-electron chi connectivity index (χ2n) is 6.51. The average molecular weight is 348 g/mol. The van der Waals surface area contributed by atoms with Crippen LogP contribution in [-0.4, -0.2) is 29.1 Å². The molecule has 3 N–H and O–H groups in total. The second-order valence-corrected chi connectivity index (χ2v) is 6.92. The van der Waals surface area contributed by atoms with Gasteiger partial charge in [-0.05, 0) is 62.0 Å². The minimum atomic E-state index is -0.280. The van der Waals surface area contributed by atoms with Crippen LogP contribution < -0.4 is 16.0 Å². The molecule has 7 heteroatoms. The van der Waals surface area contributed by atoms with E-state index in [0.717, 1.165) is 43.5 Å². The molecule has 2 aromatic rings. The number of hydrogen-bond donors (Lipinski definition) is 3. The second kappa shape index (κ2) is 6.53. The third kappa shape index (κ3) is 3.30. The molecule has 4 rings (SSSR count). The van der Waals surface area contributed by atoms with Crippen molar-refractivity contribution in [2.75, 3.05) is 23.7 Å². The summed E-state index contributed by atoms with van der Waals surface area (Å²) in [5.74, 6) is 2.32. The lowest BCUT2D eigenvalue weighted by Crippen LogP contribution is -2.21. The van der Waals surface area contributed by atoms with Crippen LogP contribution in [0.1, 0.15) is 12.8 Å². The SMILES string of the molecule is Fc1ccc(Nc2nc(NC3CC4CNCC4C3)ncc2Cl)cc1. The quantitative estimate of drug-likeness (QED) is 0.791. The molecule has 0 spiro atoms. The molecule has 1 saturated heterocycles. The van der Waals surface area contributed by atoms with Gasteiger partial charge in [0.15, 0.2) is 5.82 Å². The topological polar surface area (TPSA) is 61.9 Å². The summed E-state index contributed by atoms with van der Waals surface area (Å²) in [6.45, 7) is 2.23. The highest BCUT2D eigenvalue weighted by Gasteiger charge is 2.37. The molecule has 2 aliphatic rings. The number of hydrogen-bond acceptors (Lipinski definition) is 5. The van der Waals surface area contributed by atoms with Gasteiger partial charge in [-0.15, -0.1) is 0 Å². The summed E-state index contributed by atoms with van der Waals surface area (Å²) in [5.41, 5.74) is 0.726. The third-order valence-corrected chi connectivity index (χ3v) is 5.12. The Bertz CT molecular complexity index is 711. The van der Waals surface area contributed by atoms with Gasteiger partial charge in [0.05, 0.1) is 6.20 Å². The first-order valence-electron chi connectivity index (χ1n) is 8.20. The van der Waals surface area contributed by atoms with Gasteiger partial charge in [-0.1, -0.05) is 11.6 Å². The normalized spacial score (nSPS) is 25.5. The van der Waals surface area contributed by atoms with Crippen LogP contribution in [0.25, 0.3) is 0 Å². The Morgan fingerprint density at radius 3 is 2.54 bits per heavy atom. The van der Waals surface area contributed by atoms with E-state index in [4.69, 9.17) is 11.6 Å². The van der Waals surface area contributed by atoms with Crippen molar-refractivity contribution >= 4 is 29.1 Å². The summed E-state index contributed by atoms with van der Waals surface area (Å²) in [5, 5.41) is 10.4. The highest BCUT2D eigenvalue weighted by Crippen LogP contribution is 2.35. The van der Waals surface area contributed by atoms with Crippen molar-refractivity contribution < 1.29 is 4.39 Å².